The molecule has 2 unspecified atom stereocenters. The molecule has 2 aliphatic heterocycles. The molecule has 0 saturated carbocycles. The summed E-state index contributed by atoms with van der Waals surface area (Å²) in [5.41, 5.74) is 2.17. The Kier molecular flexibility index (Phi) is 2.48. The third kappa shape index (κ3) is 1.68. The standard InChI is InChI=1S/C12H13N7O/c20-12(5-18-7-15-16-17-18)19-8-1-2-11(19)9-4-13-6-14-10(9)3-8/h4,6-8,11H,1-3,5H2. The maximum Gasteiger partial charge on any atom is 0.245 e. The fourth-order valence-electron chi connectivity index (χ4n) is 3.28. The fourth-order valence-corrected chi connectivity index (χ4v) is 3.28. The minimum atomic E-state index is 0.0549. The van der Waals surface area contributed by atoms with Crippen molar-refractivity contribution in [1.29, 1.82) is 0 Å². The van der Waals surface area contributed by atoms with Crippen LogP contribution < -0.4 is 0 Å². The van der Waals surface area contributed by atoms with Crippen LogP contribution in [-0.4, -0.2) is 47.0 Å². The Balaban J connectivity index is 1.63. The molecular formula is C12H13N7O. The minimum Gasteiger partial charge on any atom is -0.331 e. The van der Waals surface area contributed by atoms with Gasteiger partial charge in [0.25, 0.3) is 0 Å². The second-order valence-electron chi connectivity index (χ2n) is 5.18. The predicted molar refractivity (Wildman–Crippen MR) is 66.2 cm³/mol. The molecule has 4 heterocycles. The van der Waals surface area contributed by atoms with E-state index < -0.39 is 0 Å². The van der Waals surface area contributed by atoms with Gasteiger partial charge in [0.2, 0.25) is 5.91 Å². The van der Waals surface area contributed by atoms with Gasteiger partial charge < -0.3 is 4.90 Å². The normalized spacial score (nSPS) is 23.7. The lowest BCUT2D eigenvalue weighted by atomic mass is 9.99. The highest BCUT2D eigenvalue weighted by atomic mass is 16.2. The van der Waals surface area contributed by atoms with Gasteiger partial charge in [-0.2, -0.15) is 0 Å². The zero-order valence-electron chi connectivity index (χ0n) is 10.8. The first-order valence-electron chi connectivity index (χ1n) is 6.63. The largest absolute Gasteiger partial charge is 0.331 e. The molecule has 0 aliphatic carbocycles. The Labute approximate surface area is 114 Å². The first-order chi connectivity index (χ1) is 9.83. The van der Waals surface area contributed by atoms with Gasteiger partial charge in [-0.25, -0.2) is 14.6 Å². The van der Waals surface area contributed by atoms with Crippen LogP contribution in [0.3, 0.4) is 0 Å². The molecule has 2 bridgehead atoms. The van der Waals surface area contributed by atoms with Crippen LogP contribution in [0.15, 0.2) is 18.9 Å². The number of amides is 1. The summed E-state index contributed by atoms with van der Waals surface area (Å²) in [6.45, 7) is 0.184. The van der Waals surface area contributed by atoms with Gasteiger partial charge in [-0.05, 0) is 23.3 Å². The van der Waals surface area contributed by atoms with Crippen molar-refractivity contribution in [2.75, 3.05) is 0 Å². The van der Waals surface area contributed by atoms with E-state index in [2.05, 4.69) is 25.5 Å². The number of carbonyl (C=O) groups excluding carboxylic acids is 1. The van der Waals surface area contributed by atoms with Crippen LogP contribution in [0.5, 0.6) is 0 Å². The Morgan fingerprint density at radius 2 is 2.35 bits per heavy atom. The molecule has 1 saturated heterocycles. The summed E-state index contributed by atoms with van der Waals surface area (Å²) in [5, 5.41) is 10.9. The molecule has 0 spiro atoms. The molecule has 2 aliphatic rings. The van der Waals surface area contributed by atoms with Crippen molar-refractivity contribution in [1.82, 2.24) is 35.1 Å². The molecular weight excluding hydrogens is 258 g/mol. The van der Waals surface area contributed by atoms with Crippen molar-refractivity contribution >= 4 is 5.91 Å². The van der Waals surface area contributed by atoms with Gasteiger partial charge in [0, 0.05) is 24.2 Å². The Hall–Kier alpha value is -2.38. The molecule has 2 aromatic rings. The summed E-state index contributed by atoms with van der Waals surface area (Å²) in [6.07, 6.45) is 7.69. The zero-order chi connectivity index (χ0) is 13.5. The molecule has 20 heavy (non-hydrogen) atoms. The molecule has 0 radical (unpaired) electrons. The maximum atomic E-state index is 12.5. The van der Waals surface area contributed by atoms with Crippen LogP contribution in [-0.2, 0) is 17.8 Å². The molecule has 0 aromatic carbocycles. The quantitative estimate of drug-likeness (QED) is 0.748. The molecule has 102 valence electrons. The lowest BCUT2D eigenvalue weighted by Gasteiger charge is -2.35. The highest BCUT2D eigenvalue weighted by Gasteiger charge is 2.43. The van der Waals surface area contributed by atoms with Crippen LogP contribution in [0, 0.1) is 0 Å². The molecule has 0 N–H and O–H groups in total. The average molecular weight is 271 g/mol. The third-order valence-corrected chi connectivity index (χ3v) is 4.09. The van der Waals surface area contributed by atoms with E-state index in [1.807, 2.05) is 11.1 Å². The SMILES string of the molecule is O=C(Cn1cnnn1)N1C2CCC1c1cncnc1C2. The van der Waals surface area contributed by atoms with Gasteiger partial charge in [0.05, 0.1) is 11.7 Å². The van der Waals surface area contributed by atoms with Crippen molar-refractivity contribution in [3.05, 3.63) is 30.1 Å². The number of carbonyl (C=O) groups is 1. The molecule has 1 fully saturated rings. The van der Waals surface area contributed by atoms with E-state index in [1.165, 1.54) is 11.0 Å². The number of tetrazole rings is 1. The van der Waals surface area contributed by atoms with Gasteiger partial charge in [0.1, 0.15) is 19.2 Å². The molecule has 8 nitrogen and oxygen atoms in total. The molecule has 2 atom stereocenters. The zero-order valence-corrected chi connectivity index (χ0v) is 10.8. The first-order valence-corrected chi connectivity index (χ1v) is 6.63. The summed E-state index contributed by atoms with van der Waals surface area (Å²) in [4.78, 5) is 22.9. The summed E-state index contributed by atoms with van der Waals surface area (Å²) in [6, 6.07) is 0.348. The smallest absolute Gasteiger partial charge is 0.245 e. The third-order valence-electron chi connectivity index (χ3n) is 4.09. The number of fused-ring (bicyclic) bond motifs is 4. The topological polar surface area (TPSA) is 89.7 Å². The van der Waals surface area contributed by atoms with Gasteiger partial charge in [-0.3, -0.25) is 4.79 Å². The Morgan fingerprint density at radius 3 is 3.20 bits per heavy atom. The first kappa shape index (κ1) is 11.4. The van der Waals surface area contributed by atoms with Crippen molar-refractivity contribution in [2.45, 2.75) is 37.9 Å². The van der Waals surface area contributed by atoms with E-state index in [4.69, 9.17) is 0 Å². The Morgan fingerprint density at radius 1 is 1.40 bits per heavy atom. The van der Waals surface area contributed by atoms with E-state index in [9.17, 15) is 4.79 Å². The van der Waals surface area contributed by atoms with Crippen LogP contribution in [0.4, 0.5) is 0 Å². The minimum absolute atomic E-state index is 0.0549. The summed E-state index contributed by atoms with van der Waals surface area (Å²) < 4.78 is 1.46. The molecule has 8 heteroatoms. The van der Waals surface area contributed by atoms with Crippen molar-refractivity contribution in [2.24, 2.45) is 0 Å². The van der Waals surface area contributed by atoms with Crippen LogP contribution >= 0.6 is 0 Å². The molecule has 4 rings (SSSR count). The van der Waals surface area contributed by atoms with E-state index in [0.717, 1.165) is 30.5 Å². The van der Waals surface area contributed by atoms with Crippen LogP contribution in [0.1, 0.15) is 30.1 Å². The van der Waals surface area contributed by atoms with Gasteiger partial charge >= 0.3 is 0 Å². The second-order valence-corrected chi connectivity index (χ2v) is 5.18. The number of rotatable bonds is 2. The summed E-state index contributed by atoms with van der Waals surface area (Å²) >= 11 is 0. The number of hydrogen-bond acceptors (Lipinski definition) is 6. The molecule has 1 amide bonds. The highest BCUT2D eigenvalue weighted by molar-refractivity contribution is 5.77. The van der Waals surface area contributed by atoms with Crippen molar-refractivity contribution < 1.29 is 4.79 Å². The van der Waals surface area contributed by atoms with Gasteiger partial charge in [-0.1, -0.05) is 0 Å². The summed E-state index contributed by atoms with van der Waals surface area (Å²) in [5.74, 6) is 0.0549. The number of hydrogen-bond donors (Lipinski definition) is 0. The van der Waals surface area contributed by atoms with Gasteiger partial charge in [0.15, 0.2) is 0 Å². The van der Waals surface area contributed by atoms with Crippen LogP contribution in [0.2, 0.25) is 0 Å². The van der Waals surface area contributed by atoms with Crippen molar-refractivity contribution in [3.8, 4) is 0 Å². The van der Waals surface area contributed by atoms with Crippen molar-refractivity contribution in [3.63, 3.8) is 0 Å². The van der Waals surface area contributed by atoms with Crippen LogP contribution in [0.25, 0.3) is 0 Å². The van der Waals surface area contributed by atoms with E-state index >= 15 is 0 Å². The maximum absolute atomic E-state index is 12.5. The highest BCUT2D eigenvalue weighted by Crippen LogP contribution is 2.42. The van der Waals surface area contributed by atoms with E-state index in [-0.39, 0.29) is 24.5 Å². The predicted octanol–water partition coefficient (Wildman–Crippen LogP) is -0.249. The molecule has 2 aromatic heterocycles. The summed E-state index contributed by atoms with van der Waals surface area (Å²) in [7, 11) is 0. The lowest BCUT2D eigenvalue weighted by molar-refractivity contribution is -0.135. The number of nitrogens with zero attached hydrogens (tertiary/aromatic N) is 7. The van der Waals surface area contributed by atoms with E-state index in [0.29, 0.717) is 0 Å². The second kappa shape index (κ2) is 4.32. The number of aromatic nitrogens is 6. The lowest BCUT2D eigenvalue weighted by Crippen LogP contribution is -2.43. The van der Waals surface area contributed by atoms with E-state index in [1.54, 1.807) is 6.33 Å². The Bertz CT molecular complexity index is 641. The average Bonchev–Trinajstić information content (AvgIpc) is 3.06. The fraction of sp³-hybridized carbons (Fsp3) is 0.500. The van der Waals surface area contributed by atoms with Gasteiger partial charge in [-0.15, -0.1) is 5.10 Å². The monoisotopic (exact) mass is 271 g/mol.